The number of pyridine rings is 1. The lowest BCUT2D eigenvalue weighted by atomic mass is 10.1. The van der Waals surface area contributed by atoms with Gasteiger partial charge in [-0.15, -0.1) is 0 Å². The van der Waals surface area contributed by atoms with E-state index in [1.807, 2.05) is 60.1 Å². The van der Waals surface area contributed by atoms with Crippen LogP contribution in [0.3, 0.4) is 0 Å². The Bertz CT molecular complexity index is 853. The van der Waals surface area contributed by atoms with Crippen molar-refractivity contribution in [2.75, 3.05) is 0 Å². The second-order valence-corrected chi connectivity index (χ2v) is 5.80. The smallest absolute Gasteiger partial charge is 0.204 e. The van der Waals surface area contributed by atoms with Gasteiger partial charge in [0.2, 0.25) is 5.43 Å². The van der Waals surface area contributed by atoms with Crippen molar-refractivity contribution in [1.82, 2.24) is 4.57 Å². The zero-order chi connectivity index (χ0) is 14.3. The third-order valence-electron chi connectivity index (χ3n) is 3.37. The van der Waals surface area contributed by atoms with E-state index >= 15 is 0 Å². The summed E-state index contributed by atoms with van der Waals surface area (Å²) >= 11 is 9.37. The molecule has 100 valence electrons. The molecule has 1 heterocycles. The Kier molecular flexibility index (Phi) is 3.40. The van der Waals surface area contributed by atoms with E-state index in [2.05, 4.69) is 15.9 Å². The van der Waals surface area contributed by atoms with Gasteiger partial charge in [-0.3, -0.25) is 4.79 Å². The molecule has 0 N–H and O–H groups in total. The predicted octanol–water partition coefficient (Wildman–Crippen LogP) is 4.62. The van der Waals surface area contributed by atoms with Gasteiger partial charge in [0, 0.05) is 17.5 Å². The molecule has 2 nitrogen and oxygen atoms in total. The fraction of sp³-hybridized carbons (Fsp3) is 0.0625. The van der Waals surface area contributed by atoms with Crippen LogP contribution in [0.25, 0.3) is 22.2 Å². The lowest BCUT2D eigenvalue weighted by molar-refractivity contribution is 0.955. The molecule has 0 atom stereocenters. The van der Waals surface area contributed by atoms with E-state index in [-0.39, 0.29) is 5.43 Å². The van der Waals surface area contributed by atoms with Crippen molar-refractivity contribution in [3.8, 4) is 11.3 Å². The maximum Gasteiger partial charge on any atom is 0.204 e. The minimum atomic E-state index is 0.00338. The van der Waals surface area contributed by atoms with Gasteiger partial charge < -0.3 is 4.57 Å². The summed E-state index contributed by atoms with van der Waals surface area (Å²) in [6, 6.07) is 15.1. The summed E-state index contributed by atoms with van der Waals surface area (Å²) in [6.45, 7) is 0. The number of aryl methyl sites for hydroxylation is 1. The SMILES string of the molecule is Cn1c(-c2ccc(Cl)cc2)c(Br)c(=O)c2ccccc21. The number of benzene rings is 2. The number of hydrogen-bond donors (Lipinski definition) is 0. The van der Waals surface area contributed by atoms with E-state index in [9.17, 15) is 4.79 Å². The number of fused-ring (bicyclic) bond motifs is 1. The van der Waals surface area contributed by atoms with Crippen LogP contribution < -0.4 is 5.43 Å². The average molecular weight is 349 g/mol. The molecule has 0 amide bonds. The highest BCUT2D eigenvalue weighted by Crippen LogP contribution is 2.29. The number of para-hydroxylation sites is 1. The molecule has 0 aliphatic rings. The Morgan fingerprint density at radius 3 is 2.40 bits per heavy atom. The van der Waals surface area contributed by atoms with Gasteiger partial charge in [-0.1, -0.05) is 35.9 Å². The number of nitrogens with zero attached hydrogens (tertiary/aromatic N) is 1. The fourth-order valence-corrected chi connectivity index (χ4v) is 3.21. The van der Waals surface area contributed by atoms with Crippen molar-refractivity contribution in [3.05, 3.63) is 68.2 Å². The van der Waals surface area contributed by atoms with Gasteiger partial charge in [-0.2, -0.15) is 0 Å². The minimum Gasteiger partial charge on any atom is -0.342 e. The van der Waals surface area contributed by atoms with E-state index in [1.165, 1.54) is 0 Å². The average Bonchev–Trinajstić information content (AvgIpc) is 2.47. The topological polar surface area (TPSA) is 22.0 Å². The summed E-state index contributed by atoms with van der Waals surface area (Å²) in [5, 5.41) is 1.38. The molecule has 0 unspecified atom stereocenters. The van der Waals surface area contributed by atoms with Crippen molar-refractivity contribution >= 4 is 38.4 Å². The van der Waals surface area contributed by atoms with Gasteiger partial charge in [0.15, 0.2) is 0 Å². The van der Waals surface area contributed by atoms with Crippen molar-refractivity contribution in [1.29, 1.82) is 0 Å². The van der Waals surface area contributed by atoms with E-state index in [0.29, 0.717) is 14.9 Å². The maximum atomic E-state index is 12.5. The summed E-state index contributed by atoms with van der Waals surface area (Å²) in [5.74, 6) is 0. The first-order valence-corrected chi connectivity index (χ1v) is 7.30. The van der Waals surface area contributed by atoms with Crippen LogP contribution in [0.5, 0.6) is 0 Å². The second kappa shape index (κ2) is 5.08. The van der Waals surface area contributed by atoms with Crippen LogP contribution >= 0.6 is 27.5 Å². The lowest BCUT2D eigenvalue weighted by Gasteiger charge is -2.14. The Hall–Kier alpha value is -1.58. The summed E-state index contributed by atoms with van der Waals surface area (Å²) in [7, 11) is 1.95. The van der Waals surface area contributed by atoms with Crippen LogP contribution in [0.1, 0.15) is 0 Å². The molecule has 0 radical (unpaired) electrons. The molecule has 0 bridgehead atoms. The second-order valence-electron chi connectivity index (χ2n) is 4.57. The first-order chi connectivity index (χ1) is 9.59. The zero-order valence-electron chi connectivity index (χ0n) is 10.7. The highest BCUT2D eigenvalue weighted by Gasteiger charge is 2.14. The third kappa shape index (κ3) is 2.07. The summed E-state index contributed by atoms with van der Waals surface area (Å²) in [6.07, 6.45) is 0. The predicted molar refractivity (Wildman–Crippen MR) is 87.3 cm³/mol. The molecule has 0 spiro atoms. The summed E-state index contributed by atoms with van der Waals surface area (Å²) in [4.78, 5) is 12.5. The normalized spacial score (nSPS) is 10.9. The van der Waals surface area contributed by atoms with Gasteiger partial charge in [-0.25, -0.2) is 0 Å². The van der Waals surface area contributed by atoms with Crippen LogP contribution in [0.15, 0.2) is 57.8 Å². The van der Waals surface area contributed by atoms with Crippen LogP contribution in [0.4, 0.5) is 0 Å². The van der Waals surface area contributed by atoms with Crippen LogP contribution in [-0.4, -0.2) is 4.57 Å². The largest absolute Gasteiger partial charge is 0.342 e. The Morgan fingerprint density at radius 1 is 1.05 bits per heavy atom. The molecule has 2 aromatic carbocycles. The van der Waals surface area contributed by atoms with E-state index in [0.717, 1.165) is 16.8 Å². The molecular formula is C16H11BrClNO. The molecule has 0 aliphatic carbocycles. The molecule has 3 aromatic rings. The lowest BCUT2D eigenvalue weighted by Crippen LogP contribution is -2.11. The molecule has 4 heteroatoms. The summed E-state index contributed by atoms with van der Waals surface area (Å²) < 4.78 is 2.59. The molecule has 1 aromatic heterocycles. The van der Waals surface area contributed by atoms with Gasteiger partial charge in [0.05, 0.1) is 15.7 Å². The molecule has 0 saturated carbocycles. The molecule has 0 fully saturated rings. The van der Waals surface area contributed by atoms with E-state index in [4.69, 9.17) is 11.6 Å². The zero-order valence-corrected chi connectivity index (χ0v) is 13.1. The number of rotatable bonds is 1. The number of halogens is 2. The van der Waals surface area contributed by atoms with Gasteiger partial charge in [-0.05, 0) is 45.8 Å². The van der Waals surface area contributed by atoms with Gasteiger partial charge >= 0.3 is 0 Å². The first kappa shape index (κ1) is 13.4. The highest BCUT2D eigenvalue weighted by molar-refractivity contribution is 9.10. The van der Waals surface area contributed by atoms with Crippen LogP contribution in [0, 0.1) is 0 Å². The highest BCUT2D eigenvalue weighted by atomic mass is 79.9. The monoisotopic (exact) mass is 347 g/mol. The third-order valence-corrected chi connectivity index (χ3v) is 4.36. The number of aromatic nitrogens is 1. The molecule has 0 aliphatic heterocycles. The Morgan fingerprint density at radius 2 is 1.70 bits per heavy atom. The van der Waals surface area contributed by atoms with E-state index in [1.54, 1.807) is 0 Å². The van der Waals surface area contributed by atoms with Crippen LogP contribution in [-0.2, 0) is 7.05 Å². The van der Waals surface area contributed by atoms with Gasteiger partial charge in [0.25, 0.3) is 0 Å². The Balaban J connectivity index is 2.42. The van der Waals surface area contributed by atoms with Crippen molar-refractivity contribution < 1.29 is 0 Å². The van der Waals surface area contributed by atoms with Crippen molar-refractivity contribution in [2.24, 2.45) is 7.05 Å². The van der Waals surface area contributed by atoms with Crippen molar-refractivity contribution in [3.63, 3.8) is 0 Å². The Labute approximate surface area is 129 Å². The van der Waals surface area contributed by atoms with Crippen LogP contribution in [0.2, 0.25) is 5.02 Å². The minimum absolute atomic E-state index is 0.00338. The van der Waals surface area contributed by atoms with E-state index < -0.39 is 0 Å². The first-order valence-electron chi connectivity index (χ1n) is 6.13. The molecule has 0 saturated heterocycles. The summed E-state index contributed by atoms with van der Waals surface area (Å²) in [5.41, 5.74) is 2.71. The van der Waals surface area contributed by atoms with Gasteiger partial charge in [0.1, 0.15) is 0 Å². The quantitative estimate of drug-likeness (QED) is 0.629. The standard InChI is InChI=1S/C16H11BrClNO/c1-19-13-5-3-2-4-12(13)16(20)14(17)15(19)10-6-8-11(18)9-7-10/h2-9H,1H3. The maximum absolute atomic E-state index is 12.5. The van der Waals surface area contributed by atoms with Crippen molar-refractivity contribution in [2.45, 2.75) is 0 Å². The fourth-order valence-electron chi connectivity index (χ4n) is 2.38. The molecule has 3 rings (SSSR count). The molecular weight excluding hydrogens is 338 g/mol. The molecule has 20 heavy (non-hydrogen) atoms. The number of hydrogen-bond acceptors (Lipinski definition) is 1.